The van der Waals surface area contributed by atoms with Gasteiger partial charge < -0.3 is 29.7 Å². The Morgan fingerprint density at radius 1 is 1.04 bits per heavy atom. The minimum absolute atomic E-state index is 0.0493. The number of anilines is 2. The maximum absolute atomic E-state index is 13.6. The molecule has 4 aliphatic rings. The molecule has 0 aliphatic carbocycles. The monoisotopic (exact) mass is 658 g/mol. The van der Waals surface area contributed by atoms with Crippen molar-refractivity contribution in [1.29, 1.82) is 0 Å². The third-order valence-electron chi connectivity index (χ3n) is 8.46. The SMILES string of the molecule is CC(C(=O)Nc1cc(-n2cnc3cc(N4CCC(NC(=O)OC(C)(C)C)C4)ccc3c2=O)ccc1OC(F)(F)F)N1CC2CC(C1)O2. The van der Waals surface area contributed by atoms with Gasteiger partial charge in [-0.2, -0.15) is 0 Å². The van der Waals surface area contributed by atoms with Crippen molar-refractivity contribution in [3.05, 3.63) is 53.1 Å². The molecule has 4 atom stereocenters. The van der Waals surface area contributed by atoms with Gasteiger partial charge in [-0.1, -0.05) is 0 Å². The maximum atomic E-state index is 13.6. The average Bonchev–Trinajstić information content (AvgIpc) is 3.44. The number of amides is 2. The molecule has 4 aliphatic heterocycles. The van der Waals surface area contributed by atoms with Gasteiger partial charge in [-0.25, -0.2) is 9.78 Å². The summed E-state index contributed by atoms with van der Waals surface area (Å²) in [6.07, 6.45) is -2.45. The molecular formula is C32H37F3N6O6. The number of carbonyl (C=O) groups is 2. The Morgan fingerprint density at radius 2 is 1.74 bits per heavy atom. The quantitative estimate of drug-likeness (QED) is 0.384. The zero-order chi connectivity index (χ0) is 33.7. The molecule has 15 heteroatoms. The number of aromatic nitrogens is 2. The molecule has 12 nitrogen and oxygen atoms in total. The number of carbonyl (C=O) groups excluding carboxylic acids is 2. The van der Waals surface area contributed by atoms with Crippen LogP contribution in [0.3, 0.4) is 0 Å². The summed E-state index contributed by atoms with van der Waals surface area (Å²) in [7, 11) is 0. The molecule has 5 heterocycles. The van der Waals surface area contributed by atoms with E-state index in [0.717, 1.165) is 18.2 Å². The van der Waals surface area contributed by atoms with Crippen LogP contribution in [0.5, 0.6) is 5.75 Å². The lowest BCUT2D eigenvalue weighted by atomic mass is 9.97. The fraction of sp³-hybridized carbons (Fsp3) is 0.500. The predicted molar refractivity (Wildman–Crippen MR) is 167 cm³/mol. The number of alkyl carbamates (subject to hydrolysis) is 1. The van der Waals surface area contributed by atoms with Crippen molar-refractivity contribution in [2.75, 3.05) is 36.4 Å². The number of fused-ring (bicyclic) bond motifs is 3. The molecule has 4 unspecified atom stereocenters. The Balaban J connectivity index is 1.21. The van der Waals surface area contributed by atoms with Gasteiger partial charge in [0.1, 0.15) is 11.9 Å². The summed E-state index contributed by atoms with van der Waals surface area (Å²) >= 11 is 0. The zero-order valence-electron chi connectivity index (χ0n) is 26.5. The van der Waals surface area contributed by atoms with Crippen LogP contribution in [-0.4, -0.2) is 88.9 Å². The summed E-state index contributed by atoms with van der Waals surface area (Å²) in [5.74, 6) is -1.12. The fourth-order valence-electron chi connectivity index (χ4n) is 6.16. The Hall–Kier alpha value is -4.37. The molecule has 7 rings (SSSR count). The van der Waals surface area contributed by atoms with Crippen molar-refractivity contribution in [2.24, 2.45) is 0 Å². The molecule has 2 aromatic carbocycles. The first-order valence-corrected chi connectivity index (χ1v) is 15.5. The number of morpholine rings is 1. The highest BCUT2D eigenvalue weighted by Gasteiger charge is 2.41. The van der Waals surface area contributed by atoms with Gasteiger partial charge in [-0.15, -0.1) is 13.2 Å². The van der Waals surface area contributed by atoms with Crippen LogP contribution in [0.1, 0.15) is 40.5 Å². The molecule has 0 saturated carbocycles. The number of piperidine rings is 1. The molecule has 2 N–H and O–H groups in total. The number of rotatable bonds is 7. The highest BCUT2D eigenvalue weighted by molar-refractivity contribution is 5.96. The summed E-state index contributed by atoms with van der Waals surface area (Å²) in [6.45, 7) is 9.41. The van der Waals surface area contributed by atoms with Gasteiger partial charge in [0.05, 0.1) is 46.6 Å². The molecule has 2 amide bonds. The Morgan fingerprint density at radius 3 is 2.43 bits per heavy atom. The largest absolute Gasteiger partial charge is 0.573 e. The van der Waals surface area contributed by atoms with Gasteiger partial charge in [0.15, 0.2) is 5.75 Å². The summed E-state index contributed by atoms with van der Waals surface area (Å²) in [5, 5.41) is 5.75. The lowest BCUT2D eigenvalue weighted by Crippen LogP contribution is -2.61. The number of nitrogens with one attached hydrogen (secondary N) is 2. The van der Waals surface area contributed by atoms with Crippen LogP contribution in [0.15, 0.2) is 47.5 Å². The summed E-state index contributed by atoms with van der Waals surface area (Å²) in [5.41, 5.74) is 0.150. The van der Waals surface area contributed by atoms with E-state index in [0.29, 0.717) is 43.5 Å². The highest BCUT2D eigenvalue weighted by atomic mass is 19.4. The van der Waals surface area contributed by atoms with Crippen molar-refractivity contribution in [2.45, 2.75) is 76.8 Å². The minimum atomic E-state index is -5.00. The molecule has 1 aromatic heterocycles. The van der Waals surface area contributed by atoms with Crippen molar-refractivity contribution in [1.82, 2.24) is 19.8 Å². The molecule has 0 radical (unpaired) electrons. The first-order valence-electron chi connectivity index (χ1n) is 15.5. The first kappa shape index (κ1) is 32.6. The second kappa shape index (κ2) is 12.3. The summed E-state index contributed by atoms with van der Waals surface area (Å²) in [4.78, 5) is 47.4. The Kier molecular flexibility index (Phi) is 8.55. The summed E-state index contributed by atoms with van der Waals surface area (Å²) in [6, 6.07) is 8.07. The van der Waals surface area contributed by atoms with Gasteiger partial charge in [0.25, 0.3) is 5.56 Å². The van der Waals surface area contributed by atoms with Crippen LogP contribution < -0.4 is 25.8 Å². The number of hydrogen-bond donors (Lipinski definition) is 2. The summed E-state index contributed by atoms with van der Waals surface area (Å²) < 4.78 is 56.1. The van der Waals surface area contributed by atoms with Gasteiger partial charge in [-0.05, 0) is 70.5 Å². The topological polar surface area (TPSA) is 127 Å². The van der Waals surface area contributed by atoms with E-state index in [9.17, 15) is 27.6 Å². The Labute approximate surface area is 268 Å². The highest BCUT2D eigenvalue weighted by Crippen LogP contribution is 2.34. The van der Waals surface area contributed by atoms with Gasteiger partial charge in [0.2, 0.25) is 5.91 Å². The normalized spacial score (nSPS) is 22.0. The molecule has 2 bridgehead atoms. The van der Waals surface area contributed by atoms with E-state index in [1.807, 2.05) is 4.90 Å². The first-order chi connectivity index (χ1) is 22.1. The van der Waals surface area contributed by atoms with E-state index in [1.54, 1.807) is 45.9 Å². The average molecular weight is 659 g/mol. The van der Waals surface area contributed by atoms with Crippen LogP contribution >= 0.6 is 0 Å². The fourth-order valence-corrected chi connectivity index (χ4v) is 6.16. The molecule has 47 heavy (non-hydrogen) atoms. The molecular weight excluding hydrogens is 621 g/mol. The number of halogens is 3. The predicted octanol–water partition coefficient (Wildman–Crippen LogP) is 4.19. The Bertz CT molecular complexity index is 1720. The van der Waals surface area contributed by atoms with Crippen molar-refractivity contribution >= 4 is 34.3 Å². The number of hydrogen-bond acceptors (Lipinski definition) is 9. The van der Waals surface area contributed by atoms with E-state index < -0.39 is 41.3 Å². The molecule has 4 saturated heterocycles. The van der Waals surface area contributed by atoms with Crippen LogP contribution in [0, 0.1) is 0 Å². The third-order valence-corrected chi connectivity index (χ3v) is 8.46. The standard InChI is InChI=1S/C32H37F3N6O6/c1-18(40-15-22-13-23(16-40)45-22)28(42)38-26-12-21(6-8-27(26)46-32(33,34)35)41-17-36-25-11-20(5-7-24(25)29(41)43)39-10-9-19(14-39)37-30(44)47-31(2,3)4/h5-8,11-12,17-19,22-23H,9-10,13-16H2,1-4H3,(H,37,44)(H,38,42). The van der Waals surface area contributed by atoms with Crippen molar-refractivity contribution < 1.29 is 37.0 Å². The van der Waals surface area contributed by atoms with Gasteiger partial charge in [0, 0.05) is 38.3 Å². The smallest absolute Gasteiger partial charge is 0.444 e. The number of alkyl halides is 3. The number of nitrogens with zero attached hydrogens (tertiary/aromatic N) is 4. The molecule has 3 aromatic rings. The lowest BCUT2D eigenvalue weighted by Gasteiger charge is -2.48. The maximum Gasteiger partial charge on any atom is 0.573 e. The van der Waals surface area contributed by atoms with Gasteiger partial charge in [-0.3, -0.25) is 19.1 Å². The second-order valence-electron chi connectivity index (χ2n) is 13.2. The van der Waals surface area contributed by atoms with Crippen LogP contribution in [0.4, 0.5) is 29.3 Å². The van der Waals surface area contributed by atoms with Crippen molar-refractivity contribution in [3.63, 3.8) is 0 Å². The van der Waals surface area contributed by atoms with E-state index in [4.69, 9.17) is 9.47 Å². The number of benzene rings is 2. The number of ether oxygens (including phenoxy) is 3. The van der Waals surface area contributed by atoms with Crippen LogP contribution in [0.2, 0.25) is 0 Å². The van der Waals surface area contributed by atoms with Crippen LogP contribution in [0.25, 0.3) is 16.6 Å². The van der Waals surface area contributed by atoms with E-state index in [2.05, 4.69) is 25.3 Å². The lowest BCUT2D eigenvalue weighted by molar-refractivity contribution is -0.274. The second-order valence-corrected chi connectivity index (χ2v) is 13.2. The molecule has 4 fully saturated rings. The van der Waals surface area contributed by atoms with Crippen molar-refractivity contribution in [3.8, 4) is 11.4 Å². The van der Waals surface area contributed by atoms with Crippen LogP contribution in [-0.2, 0) is 14.3 Å². The van der Waals surface area contributed by atoms with E-state index in [1.165, 1.54) is 23.0 Å². The molecule has 252 valence electrons. The van der Waals surface area contributed by atoms with E-state index >= 15 is 0 Å². The third kappa shape index (κ3) is 7.46. The molecule has 0 spiro atoms. The van der Waals surface area contributed by atoms with Gasteiger partial charge >= 0.3 is 12.5 Å². The van der Waals surface area contributed by atoms with E-state index in [-0.39, 0.29) is 29.6 Å². The minimum Gasteiger partial charge on any atom is -0.444 e. The zero-order valence-corrected chi connectivity index (χ0v) is 26.5.